The van der Waals surface area contributed by atoms with Gasteiger partial charge in [0.2, 0.25) is 0 Å². The minimum Gasteiger partial charge on any atom is -0.381 e. The molecular weight excluding hydrogens is 337 g/mol. The molecule has 1 aromatic rings. The van der Waals surface area contributed by atoms with Crippen molar-refractivity contribution in [3.63, 3.8) is 0 Å². The Morgan fingerprint density at radius 3 is 2.42 bits per heavy atom. The first kappa shape index (κ1) is 19.0. The summed E-state index contributed by atoms with van der Waals surface area (Å²) in [5.41, 5.74) is 0.659. The zero-order valence-electron chi connectivity index (χ0n) is 15.5. The number of rotatable bonds is 5. The Labute approximate surface area is 153 Å². The van der Waals surface area contributed by atoms with E-state index in [1.54, 1.807) is 20.1 Å². The number of nitro groups is 1. The van der Waals surface area contributed by atoms with Gasteiger partial charge in [0.25, 0.3) is 5.69 Å². The molecule has 1 heterocycles. The van der Waals surface area contributed by atoms with Crippen molar-refractivity contribution in [2.45, 2.75) is 63.6 Å². The van der Waals surface area contributed by atoms with Crippen LogP contribution in [0.5, 0.6) is 0 Å². The number of ether oxygens (including phenoxy) is 1. The smallest absolute Gasteiger partial charge is 0.295 e. The largest absolute Gasteiger partial charge is 0.381 e. The van der Waals surface area contributed by atoms with E-state index in [-0.39, 0.29) is 11.7 Å². The van der Waals surface area contributed by atoms with Gasteiger partial charge in [0.05, 0.1) is 17.1 Å². The lowest BCUT2D eigenvalue weighted by atomic mass is 9.90. The summed E-state index contributed by atoms with van der Waals surface area (Å²) in [6.45, 7) is 3.62. The second-order valence-electron chi connectivity index (χ2n) is 7.50. The molecule has 2 aliphatic rings. The molecule has 0 amide bonds. The topological polar surface area (TPSA) is 67.6 Å². The van der Waals surface area contributed by atoms with Crippen molar-refractivity contribution in [2.75, 3.05) is 25.5 Å². The summed E-state index contributed by atoms with van der Waals surface area (Å²) in [5, 5.41) is 14.5. The van der Waals surface area contributed by atoms with Gasteiger partial charge in [-0.05, 0) is 57.1 Å². The molecule has 6 nitrogen and oxygen atoms in total. The van der Waals surface area contributed by atoms with Crippen LogP contribution in [0.2, 0.25) is 0 Å². The molecule has 0 atom stereocenters. The standard InChI is InChI=1S/C19H28FN3O3/c1-13-11-18(19(23(24)25)12-17(13)20)21-14-7-9-22(10-8-14)15-3-5-16(26-2)6-4-15/h11-12,14-16,21H,3-10H2,1-2H3/t15-,16+. The number of benzene rings is 1. The van der Waals surface area contributed by atoms with Crippen LogP contribution in [0.3, 0.4) is 0 Å². The summed E-state index contributed by atoms with van der Waals surface area (Å²) >= 11 is 0. The SMILES string of the molecule is CO[C@H]1CC[C@@H](N2CCC(Nc3cc(C)c(F)cc3[N+](=O)[O-])CC2)CC1. The lowest BCUT2D eigenvalue weighted by Crippen LogP contribution is -2.46. The molecule has 1 aliphatic carbocycles. The number of anilines is 1. The lowest BCUT2D eigenvalue weighted by molar-refractivity contribution is -0.384. The van der Waals surface area contributed by atoms with Crippen molar-refractivity contribution in [3.8, 4) is 0 Å². The predicted molar refractivity (Wildman–Crippen MR) is 99.1 cm³/mol. The second kappa shape index (κ2) is 8.31. The molecule has 0 spiro atoms. The zero-order valence-corrected chi connectivity index (χ0v) is 15.5. The van der Waals surface area contributed by atoms with E-state index in [2.05, 4.69) is 10.2 Å². The van der Waals surface area contributed by atoms with E-state index in [4.69, 9.17) is 4.74 Å². The molecule has 1 aromatic carbocycles. The van der Waals surface area contributed by atoms with Gasteiger partial charge in [-0.25, -0.2) is 4.39 Å². The van der Waals surface area contributed by atoms with E-state index in [0.29, 0.717) is 23.4 Å². The van der Waals surface area contributed by atoms with E-state index in [1.165, 1.54) is 12.8 Å². The Morgan fingerprint density at radius 2 is 1.85 bits per heavy atom. The van der Waals surface area contributed by atoms with Crippen LogP contribution >= 0.6 is 0 Å². The molecule has 0 aromatic heterocycles. The maximum absolute atomic E-state index is 13.7. The van der Waals surface area contributed by atoms with Gasteiger partial charge in [-0.15, -0.1) is 0 Å². The minimum absolute atomic E-state index is 0.185. The minimum atomic E-state index is -0.538. The number of likely N-dealkylation sites (tertiary alicyclic amines) is 1. The molecule has 1 N–H and O–H groups in total. The molecule has 26 heavy (non-hydrogen) atoms. The maximum atomic E-state index is 13.7. The van der Waals surface area contributed by atoms with Crippen LogP contribution in [0.4, 0.5) is 15.8 Å². The lowest BCUT2D eigenvalue weighted by Gasteiger charge is -2.40. The van der Waals surface area contributed by atoms with E-state index in [1.807, 2.05) is 0 Å². The summed E-state index contributed by atoms with van der Waals surface area (Å²) in [5.74, 6) is -0.538. The van der Waals surface area contributed by atoms with Gasteiger partial charge in [-0.2, -0.15) is 0 Å². The van der Waals surface area contributed by atoms with E-state index < -0.39 is 10.7 Å². The van der Waals surface area contributed by atoms with Gasteiger partial charge in [0.1, 0.15) is 11.5 Å². The third-order valence-corrected chi connectivity index (χ3v) is 5.86. The summed E-state index contributed by atoms with van der Waals surface area (Å²) in [6, 6.07) is 3.38. The van der Waals surface area contributed by atoms with Crippen LogP contribution in [0, 0.1) is 22.9 Å². The number of methoxy groups -OCH3 is 1. The first-order valence-corrected chi connectivity index (χ1v) is 9.46. The van der Waals surface area contributed by atoms with Crippen molar-refractivity contribution in [1.82, 2.24) is 4.90 Å². The highest BCUT2D eigenvalue weighted by molar-refractivity contribution is 5.63. The van der Waals surface area contributed by atoms with Crippen LogP contribution in [-0.4, -0.2) is 48.2 Å². The van der Waals surface area contributed by atoms with E-state index in [0.717, 1.165) is 44.8 Å². The number of halogens is 1. The fourth-order valence-corrected chi connectivity index (χ4v) is 4.21. The number of piperidine rings is 1. The highest BCUT2D eigenvalue weighted by atomic mass is 19.1. The highest BCUT2D eigenvalue weighted by Gasteiger charge is 2.29. The normalized spacial score (nSPS) is 25.2. The third kappa shape index (κ3) is 4.32. The molecule has 1 saturated carbocycles. The molecular formula is C19H28FN3O3. The van der Waals surface area contributed by atoms with Crippen LogP contribution in [-0.2, 0) is 4.74 Å². The number of nitrogens with zero attached hydrogens (tertiary/aromatic N) is 2. The van der Waals surface area contributed by atoms with Crippen LogP contribution in [0.15, 0.2) is 12.1 Å². The van der Waals surface area contributed by atoms with E-state index >= 15 is 0 Å². The first-order valence-electron chi connectivity index (χ1n) is 9.46. The molecule has 1 aliphatic heterocycles. The quantitative estimate of drug-likeness (QED) is 0.634. The van der Waals surface area contributed by atoms with Crippen molar-refractivity contribution in [1.29, 1.82) is 0 Å². The zero-order chi connectivity index (χ0) is 18.7. The Kier molecular flexibility index (Phi) is 6.09. The van der Waals surface area contributed by atoms with Crippen molar-refractivity contribution < 1.29 is 14.1 Å². The number of aryl methyl sites for hydroxylation is 1. The second-order valence-corrected chi connectivity index (χ2v) is 7.50. The Morgan fingerprint density at radius 1 is 1.19 bits per heavy atom. The fourth-order valence-electron chi connectivity index (χ4n) is 4.21. The van der Waals surface area contributed by atoms with Gasteiger partial charge in [-0.3, -0.25) is 10.1 Å². The van der Waals surface area contributed by atoms with Gasteiger partial charge in [0, 0.05) is 32.3 Å². The Bertz CT molecular complexity index is 639. The molecule has 0 radical (unpaired) electrons. The highest BCUT2D eigenvalue weighted by Crippen LogP contribution is 2.31. The molecule has 0 bridgehead atoms. The third-order valence-electron chi connectivity index (χ3n) is 5.86. The van der Waals surface area contributed by atoms with Crippen LogP contribution < -0.4 is 5.32 Å². The number of hydrogen-bond acceptors (Lipinski definition) is 5. The summed E-state index contributed by atoms with van der Waals surface area (Å²) in [7, 11) is 1.79. The molecule has 7 heteroatoms. The fraction of sp³-hybridized carbons (Fsp3) is 0.684. The Balaban J connectivity index is 1.56. The maximum Gasteiger partial charge on any atom is 0.295 e. The first-order chi connectivity index (χ1) is 12.5. The summed E-state index contributed by atoms with van der Waals surface area (Å²) < 4.78 is 19.1. The Hall–Kier alpha value is -1.73. The molecule has 0 unspecified atom stereocenters. The predicted octanol–water partition coefficient (Wildman–Crippen LogP) is 3.88. The van der Waals surface area contributed by atoms with Gasteiger partial charge in [-0.1, -0.05) is 0 Å². The average molecular weight is 365 g/mol. The van der Waals surface area contributed by atoms with Gasteiger partial charge < -0.3 is 15.0 Å². The number of nitrogens with one attached hydrogen (secondary N) is 1. The monoisotopic (exact) mass is 365 g/mol. The van der Waals surface area contributed by atoms with Crippen LogP contribution in [0.1, 0.15) is 44.1 Å². The molecule has 144 valence electrons. The van der Waals surface area contributed by atoms with E-state index in [9.17, 15) is 14.5 Å². The van der Waals surface area contributed by atoms with Crippen molar-refractivity contribution in [2.24, 2.45) is 0 Å². The molecule has 2 fully saturated rings. The summed E-state index contributed by atoms with van der Waals surface area (Å²) in [4.78, 5) is 13.2. The number of nitro benzene ring substituents is 1. The van der Waals surface area contributed by atoms with Gasteiger partial charge >= 0.3 is 0 Å². The number of hydrogen-bond donors (Lipinski definition) is 1. The van der Waals surface area contributed by atoms with Crippen LogP contribution in [0.25, 0.3) is 0 Å². The molecule has 1 saturated heterocycles. The van der Waals surface area contributed by atoms with Crippen molar-refractivity contribution >= 4 is 11.4 Å². The van der Waals surface area contributed by atoms with Gasteiger partial charge in [0.15, 0.2) is 0 Å². The summed E-state index contributed by atoms with van der Waals surface area (Å²) in [6.07, 6.45) is 6.90. The molecule has 3 rings (SSSR count). The average Bonchev–Trinajstić information content (AvgIpc) is 2.65. The van der Waals surface area contributed by atoms with Crippen molar-refractivity contribution in [3.05, 3.63) is 33.6 Å².